The third-order valence-corrected chi connectivity index (χ3v) is 3.25. The molecule has 5 nitrogen and oxygen atoms in total. The summed E-state index contributed by atoms with van der Waals surface area (Å²) in [7, 11) is 0. The van der Waals surface area contributed by atoms with Crippen LogP contribution in [0.4, 0.5) is 11.4 Å². The lowest BCUT2D eigenvalue weighted by molar-refractivity contribution is 0.263. The average molecular weight is 246 g/mol. The van der Waals surface area contributed by atoms with Gasteiger partial charge in [-0.2, -0.15) is 5.26 Å². The first-order valence-corrected chi connectivity index (χ1v) is 6.13. The number of hydrogen-bond donors (Lipinski definition) is 2. The third kappa shape index (κ3) is 2.84. The Bertz CT molecular complexity index is 447. The number of rotatable bonds is 3. The van der Waals surface area contributed by atoms with E-state index in [1.807, 2.05) is 0 Å². The minimum Gasteiger partial charge on any atom is -0.506 e. The van der Waals surface area contributed by atoms with Crippen molar-refractivity contribution in [2.75, 3.05) is 43.4 Å². The number of aromatic hydroxyl groups is 1. The van der Waals surface area contributed by atoms with Crippen molar-refractivity contribution in [2.45, 2.75) is 6.42 Å². The summed E-state index contributed by atoms with van der Waals surface area (Å²) < 4.78 is 0. The number of phenolic OH excluding ortho intramolecular Hbond substituents is 1. The van der Waals surface area contributed by atoms with E-state index >= 15 is 0 Å². The lowest BCUT2D eigenvalue weighted by Crippen LogP contribution is -2.46. The molecule has 0 saturated carbocycles. The van der Waals surface area contributed by atoms with Crippen molar-refractivity contribution in [1.82, 2.24) is 4.90 Å². The standard InChI is InChI=1S/C13H18N4O/c14-4-1-5-16-6-8-17(9-7-16)12-10-11(15)2-3-13(12)18/h2-3,10,18H,1,5-9,15H2. The number of anilines is 2. The van der Waals surface area contributed by atoms with Crippen LogP contribution in [0.1, 0.15) is 6.42 Å². The Balaban J connectivity index is 1.97. The highest BCUT2D eigenvalue weighted by Crippen LogP contribution is 2.29. The van der Waals surface area contributed by atoms with Gasteiger partial charge in [-0.3, -0.25) is 4.90 Å². The molecule has 0 unspecified atom stereocenters. The van der Waals surface area contributed by atoms with E-state index in [2.05, 4.69) is 15.9 Å². The van der Waals surface area contributed by atoms with Gasteiger partial charge in [0.25, 0.3) is 0 Å². The van der Waals surface area contributed by atoms with Crippen LogP contribution in [0.2, 0.25) is 0 Å². The number of phenols is 1. The number of nitrogens with zero attached hydrogens (tertiary/aromatic N) is 3. The van der Waals surface area contributed by atoms with Gasteiger partial charge in [0, 0.05) is 44.8 Å². The highest BCUT2D eigenvalue weighted by molar-refractivity contribution is 5.64. The van der Waals surface area contributed by atoms with E-state index in [0.717, 1.165) is 38.4 Å². The number of piperazine rings is 1. The molecule has 18 heavy (non-hydrogen) atoms. The number of nitriles is 1. The van der Waals surface area contributed by atoms with Gasteiger partial charge in [-0.15, -0.1) is 0 Å². The van der Waals surface area contributed by atoms with Crippen LogP contribution in [0.3, 0.4) is 0 Å². The molecule has 3 N–H and O–H groups in total. The second-order valence-corrected chi connectivity index (χ2v) is 4.48. The van der Waals surface area contributed by atoms with Gasteiger partial charge in [0.2, 0.25) is 0 Å². The summed E-state index contributed by atoms with van der Waals surface area (Å²) in [6, 6.07) is 7.30. The monoisotopic (exact) mass is 246 g/mol. The molecule has 0 aromatic heterocycles. The smallest absolute Gasteiger partial charge is 0.139 e. The number of hydrogen-bond acceptors (Lipinski definition) is 5. The summed E-state index contributed by atoms with van der Waals surface area (Å²) in [6.07, 6.45) is 0.573. The van der Waals surface area contributed by atoms with Crippen LogP contribution >= 0.6 is 0 Å². The molecular formula is C13H18N4O. The zero-order chi connectivity index (χ0) is 13.0. The lowest BCUT2D eigenvalue weighted by atomic mass is 10.2. The number of nitrogen functional groups attached to an aromatic ring is 1. The van der Waals surface area contributed by atoms with Gasteiger partial charge < -0.3 is 15.7 Å². The van der Waals surface area contributed by atoms with E-state index in [-0.39, 0.29) is 5.75 Å². The maximum Gasteiger partial charge on any atom is 0.139 e. The maximum absolute atomic E-state index is 9.84. The van der Waals surface area contributed by atoms with E-state index in [0.29, 0.717) is 12.1 Å². The van der Waals surface area contributed by atoms with Crippen LogP contribution in [0.5, 0.6) is 5.75 Å². The Morgan fingerprint density at radius 3 is 2.67 bits per heavy atom. The van der Waals surface area contributed by atoms with Gasteiger partial charge in [-0.25, -0.2) is 0 Å². The molecule has 0 spiro atoms. The fourth-order valence-electron chi connectivity index (χ4n) is 2.21. The van der Waals surface area contributed by atoms with Gasteiger partial charge >= 0.3 is 0 Å². The van der Waals surface area contributed by atoms with E-state index < -0.39 is 0 Å². The lowest BCUT2D eigenvalue weighted by Gasteiger charge is -2.36. The fourth-order valence-corrected chi connectivity index (χ4v) is 2.21. The molecule has 0 bridgehead atoms. The van der Waals surface area contributed by atoms with Crippen molar-refractivity contribution in [1.29, 1.82) is 5.26 Å². The molecule has 0 amide bonds. The minimum atomic E-state index is 0.273. The first-order chi connectivity index (χ1) is 8.70. The number of nitrogens with two attached hydrogens (primary N) is 1. The Labute approximate surface area is 107 Å². The SMILES string of the molecule is N#CCCN1CCN(c2cc(N)ccc2O)CC1. The predicted molar refractivity (Wildman–Crippen MR) is 71.4 cm³/mol. The molecule has 1 aromatic carbocycles. The predicted octanol–water partition coefficient (Wildman–Crippen LogP) is 1.01. The van der Waals surface area contributed by atoms with Crippen LogP contribution in [-0.2, 0) is 0 Å². The molecule has 5 heteroatoms. The van der Waals surface area contributed by atoms with Gasteiger partial charge in [-0.05, 0) is 18.2 Å². The zero-order valence-electron chi connectivity index (χ0n) is 10.3. The van der Waals surface area contributed by atoms with Crippen molar-refractivity contribution >= 4 is 11.4 Å². The minimum absolute atomic E-state index is 0.273. The quantitative estimate of drug-likeness (QED) is 0.615. The van der Waals surface area contributed by atoms with Crippen molar-refractivity contribution < 1.29 is 5.11 Å². The molecular weight excluding hydrogens is 228 g/mol. The summed E-state index contributed by atoms with van der Waals surface area (Å²) in [5.74, 6) is 0.273. The highest BCUT2D eigenvalue weighted by atomic mass is 16.3. The summed E-state index contributed by atoms with van der Waals surface area (Å²) >= 11 is 0. The first kappa shape index (κ1) is 12.5. The van der Waals surface area contributed by atoms with Gasteiger partial charge in [0.05, 0.1) is 11.8 Å². The van der Waals surface area contributed by atoms with Gasteiger partial charge in [-0.1, -0.05) is 0 Å². The zero-order valence-corrected chi connectivity index (χ0v) is 10.3. The van der Waals surface area contributed by atoms with E-state index in [1.165, 1.54) is 0 Å². The van der Waals surface area contributed by atoms with Crippen molar-refractivity contribution in [3.05, 3.63) is 18.2 Å². The van der Waals surface area contributed by atoms with Crippen LogP contribution in [0.15, 0.2) is 18.2 Å². The van der Waals surface area contributed by atoms with Crippen LogP contribution in [0, 0.1) is 11.3 Å². The van der Waals surface area contributed by atoms with Gasteiger partial charge in [0.15, 0.2) is 0 Å². The highest BCUT2D eigenvalue weighted by Gasteiger charge is 2.18. The average Bonchev–Trinajstić information content (AvgIpc) is 2.40. The molecule has 0 aliphatic carbocycles. The van der Waals surface area contributed by atoms with Crippen molar-refractivity contribution in [3.8, 4) is 11.8 Å². The molecule has 1 aliphatic heterocycles. The second-order valence-electron chi connectivity index (χ2n) is 4.48. The fraction of sp³-hybridized carbons (Fsp3) is 0.462. The molecule has 1 aliphatic rings. The summed E-state index contributed by atoms with van der Waals surface area (Å²) in [6.45, 7) is 4.35. The van der Waals surface area contributed by atoms with E-state index in [4.69, 9.17) is 11.0 Å². The third-order valence-electron chi connectivity index (χ3n) is 3.25. The van der Waals surface area contributed by atoms with Crippen LogP contribution in [0.25, 0.3) is 0 Å². The molecule has 1 aromatic rings. The van der Waals surface area contributed by atoms with Crippen molar-refractivity contribution in [2.24, 2.45) is 0 Å². The van der Waals surface area contributed by atoms with Crippen LogP contribution < -0.4 is 10.6 Å². The molecule has 0 radical (unpaired) electrons. The van der Waals surface area contributed by atoms with E-state index in [9.17, 15) is 5.11 Å². The second kappa shape index (κ2) is 5.61. The topological polar surface area (TPSA) is 76.5 Å². The Kier molecular flexibility index (Phi) is 3.90. The molecule has 96 valence electrons. The van der Waals surface area contributed by atoms with E-state index in [1.54, 1.807) is 18.2 Å². The largest absolute Gasteiger partial charge is 0.506 e. The Hall–Kier alpha value is -1.93. The van der Waals surface area contributed by atoms with Gasteiger partial charge in [0.1, 0.15) is 5.75 Å². The first-order valence-electron chi connectivity index (χ1n) is 6.13. The maximum atomic E-state index is 9.84. The summed E-state index contributed by atoms with van der Waals surface area (Å²) in [5, 5.41) is 18.4. The molecule has 2 rings (SSSR count). The Morgan fingerprint density at radius 1 is 1.28 bits per heavy atom. The summed E-state index contributed by atoms with van der Waals surface area (Å²) in [5.41, 5.74) is 7.21. The Morgan fingerprint density at radius 2 is 2.00 bits per heavy atom. The van der Waals surface area contributed by atoms with Crippen LogP contribution in [-0.4, -0.2) is 42.7 Å². The molecule has 1 heterocycles. The molecule has 0 atom stereocenters. The normalized spacial score (nSPS) is 16.5. The summed E-state index contributed by atoms with van der Waals surface area (Å²) in [4.78, 5) is 4.40. The van der Waals surface area contributed by atoms with Crippen molar-refractivity contribution in [3.63, 3.8) is 0 Å². The number of benzene rings is 1. The molecule has 1 fully saturated rings. The molecule has 1 saturated heterocycles.